The molecule has 0 amide bonds. The number of halogens is 1. The van der Waals surface area contributed by atoms with Crippen molar-refractivity contribution in [1.82, 2.24) is 0 Å². The molecule has 0 radical (unpaired) electrons. The number of ether oxygens (including phenoxy) is 2. The van der Waals surface area contributed by atoms with Crippen LogP contribution in [0.25, 0.3) is 0 Å². The fourth-order valence-corrected chi connectivity index (χ4v) is 1.43. The first kappa shape index (κ1) is 8.96. The first-order valence-electron chi connectivity index (χ1n) is 3.72. The number of nitrogen functional groups attached to an aromatic ring is 1. The van der Waals surface area contributed by atoms with Crippen molar-refractivity contribution in [3.63, 3.8) is 0 Å². The van der Waals surface area contributed by atoms with Gasteiger partial charge in [-0.15, -0.1) is 0 Å². The summed E-state index contributed by atoms with van der Waals surface area (Å²) in [6.45, 7) is -0.0185. The molecule has 5 nitrogen and oxygen atoms in total. The maximum absolute atomic E-state index is 10.9. The van der Waals surface area contributed by atoms with Crippen molar-refractivity contribution >= 4 is 23.3 Å². The molecular weight excluding hydrogens is 210 g/mol. The van der Waals surface area contributed by atoms with Crippen LogP contribution in [0.5, 0.6) is 11.5 Å². The molecule has 1 heterocycles. The zero-order valence-electron chi connectivity index (χ0n) is 6.91. The number of benzene rings is 1. The van der Waals surface area contributed by atoms with Crippen molar-refractivity contribution in [2.75, 3.05) is 12.5 Å². The summed E-state index contributed by atoms with van der Waals surface area (Å²) >= 11 is 5.72. The normalized spacial score (nSPS) is 12.9. The van der Waals surface area contributed by atoms with E-state index >= 15 is 0 Å². The van der Waals surface area contributed by atoms with Crippen LogP contribution in [0.15, 0.2) is 6.07 Å². The minimum atomic E-state index is -1.19. The molecule has 0 atom stereocenters. The molecule has 1 aliphatic heterocycles. The molecule has 0 unspecified atom stereocenters. The van der Waals surface area contributed by atoms with Gasteiger partial charge in [-0.3, -0.25) is 0 Å². The summed E-state index contributed by atoms with van der Waals surface area (Å²) in [5.41, 5.74) is 5.35. The smallest absolute Gasteiger partial charge is 0.341 e. The van der Waals surface area contributed by atoms with Crippen molar-refractivity contribution in [2.24, 2.45) is 0 Å². The van der Waals surface area contributed by atoms with Crippen molar-refractivity contribution in [2.45, 2.75) is 0 Å². The Kier molecular flexibility index (Phi) is 1.89. The summed E-state index contributed by atoms with van der Waals surface area (Å²) in [6.07, 6.45) is 0. The predicted octanol–water partition coefficient (Wildman–Crippen LogP) is 1.35. The molecule has 1 aliphatic rings. The lowest BCUT2D eigenvalue weighted by Crippen LogP contribution is -2.04. The lowest BCUT2D eigenvalue weighted by molar-refractivity contribution is 0.0693. The van der Waals surface area contributed by atoms with Gasteiger partial charge in [-0.25, -0.2) is 4.79 Å². The van der Waals surface area contributed by atoms with Crippen LogP contribution in [-0.4, -0.2) is 17.9 Å². The van der Waals surface area contributed by atoms with Gasteiger partial charge in [0.05, 0.1) is 10.7 Å². The second-order valence-corrected chi connectivity index (χ2v) is 3.09. The van der Waals surface area contributed by atoms with E-state index in [0.717, 1.165) is 0 Å². The van der Waals surface area contributed by atoms with E-state index in [2.05, 4.69) is 0 Å². The van der Waals surface area contributed by atoms with E-state index < -0.39 is 5.97 Å². The SMILES string of the molecule is Nc1c(Cl)cc2c(c1C(=O)O)OCO2. The Morgan fingerprint density at radius 2 is 2.29 bits per heavy atom. The van der Waals surface area contributed by atoms with Gasteiger partial charge in [0.1, 0.15) is 5.56 Å². The van der Waals surface area contributed by atoms with E-state index in [9.17, 15) is 4.79 Å². The Bertz CT molecular complexity index is 418. The molecule has 14 heavy (non-hydrogen) atoms. The topological polar surface area (TPSA) is 81.8 Å². The van der Waals surface area contributed by atoms with Gasteiger partial charge in [0.25, 0.3) is 0 Å². The number of fused-ring (bicyclic) bond motifs is 1. The molecule has 1 aromatic carbocycles. The van der Waals surface area contributed by atoms with E-state index in [4.69, 9.17) is 31.9 Å². The van der Waals surface area contributed by atoms with Crippen LogP contribution in [0, 0.1) is 0 Å². The molecule has 1 aromatic rings. The molecule has 0 saturated heterocycles. The Morgan fingerprint density at radius 3 is 2.93 bits per heavy atom. The van der Waals surface area contributed by atoms with Gasteiger partial charge < -0.3 is 20.3 Å². The fraction of sp³-hybridized carbons (Fsp3) is 0.125. The quantitative estimate of drug-likeness (QED) is 0.691. The van der Waals surface area contributed by atoms with Crippen LogP contribution in [0.4, 0.5) is 5.69 Å². The van der Waals surface area contributed by atoms with Crippen molar-refractivity contribution in [3.05, 3.63) is 16.7 Å². The minimum Gasteiger partial charge on any atom is -0.477 e. The molecule has 0 aliphatic carbocycles. The van der Waals surface area contributed by atoms with E-state index in [-0.39, 0.29) is 28.8 Å². The summed E-state index contributed by atoms with van der Waals surface area (Å²) in [5.74, 6) is -0.743. The molecule has 3 N–H and O–H groups in total. The first-order chi connectivity index (χ1) is 6.61. The number of nitrogens with two attached hydrogens (primary N) is 1. The van der Waals surface area contributed by atoms with Crippen LogP contribution < -0.4 is 15.2 Å². The number of anilines is 1. The Hall–Kier alpha value is -1.62. The lowest BCUT2D eigenvalue weighted by Gasteiger charge is -2.06. The van der Waals surface area contributed by atoms with Crippen LogP contribution in [0.3, 0.4) is 0 Å². The third-order valence-corrected chi connectivity index (χ3v) is 2.18. The standard InChI is InChI=1S/C8H6ClNO4/c9-3-1-4-7(14-2-13-4)5(6(3)10)8(11)12/h1H,2,10H2,(H,11,12). The third-order valence-electron chi connectivity index (χ3n) is 1.87. The minimum absolute atomic E-state index is 0.0107. The average Bonchev–Trinajstić information content (AvgIpc) is 2.52. The number of hydrogen-bond donors (Lipinski definition) is 2. The van der Waals surface area contributed by atoms with Crippen LogP contribution in [0.2, 0.25) is 5.02 Å². The molecule has 0 spiro atoms. The number of aromatic carboxylic acids is 1. The maximum atomic E-state index is 10.9. The zero-order chi connectivity index (χ0) is 10.3. The summed E-state index contributed by atoms with van der Waals surface area (Å²) in [7, 11) is 0. The highest BCUT2D eigenvalue weighted by Crippen LogP contribution is 2.42. The molecule has 74 valence electrons. The average molecular weight is 216 g/mol. The predicted molar refractivity (Wildman–Crippen MR) is 48.9 cm³/mol. The largest absolute Gasteiger partial charge is 0.477 e. The number of carboxylic acid groups (broad SMARTS) is 1. The van der Waals surface area contributed by atoms with Crippen LogP contribution in [-0.2, 0) is 0 Å². The van der Waals surface area contributed by atoms with E-state index in [1.165, 1.54) is 6.07 Å². The van der Waals surface area contributed by atoms with Crippen molar-refractivity contribution < 1.29 is 19.4 Å². The van der Waals surface area contributed by atoms with E-state index in [1.807, 2.05) is 0 Å². The van der Waals surface area contributed by atoms with Crippen molar-refractivity contribution in [3.8, 4) is 11.5 Å². The van der Waals surface area contributed by atoms with Gasteiger partial charge in [0, 0.05) is 6.07 Å². The number of carbonyl (C=O) groups is 1. The molecule has 0 bridgehead atoms. The molecule has 2 rings (SSSR count). The third kappa shape index (κ3) is 1.13. The van der Waals surface area contributed by atoms with Crippen molar-refractivity contribution in [1.29, 1.82) is 0 Å². The number of carboxylic acids is 1. The van der Waals surface area contributed by atoms with Gasteiger partial charge in [-0.05, 0) is 0 Å². The molecule has 0 aromatic heterocycles. The fourth-order valence-electron chi connectivity index (χ4n) is 1.24. The van der Waals surface area contributed by atoms with Crippen LogP contribution in [0.1, 0.15) is 10.4 Å². The number of rotatable bonds is 1. The Balaban J connectivity index is 2.72. The highest BCUT2D eigenvalue weighted by molar-refractivity contribution is 6.34. The summed E-state index contributed by atoms with van der Waals surface area (Å²) in [5, 5.41) is 9.03. The second-order valence-electron chi connectivity index (χ2n) is 2.69. The van der Waals surface area contributed by atoms with Gasteiger partial charge >= 0.3 is 5.97 Å². The lowest BCUT2D eigenvalue weighted by atomic mass is 10.1. The van der Waals surface area contributed by atoms with Gasteiger partial charge in [0.15, 0.2) is 11.5 Å². The Labute approximate surface area is 84.0 Å². The van der Waals surface area contributed by atoms with Gasteiger partial charge in [-0.1, -0.05) is 11.6 Å². The zero-order valence-corrected chi connectivity index (χ0v) is 7.67. The second kappa shape index (κ2) is 2.95. The summed E-state index contributed by atoms with van der Waals surface area (Å²) < 4.78 is 9.98. The van der Waals surface area contributed by atoms with E-state index in [0.29, 0.717) is 5.75 Å². The maximum Gasteiger partial charge on any atom is 0.341 e. The van der Waals surface area contributed by atoms with Gasteiger partial charge in [-0.2, -0.15) is 0 Å². The molecular formula is C8H6ClNO4. The number of hydrogen-bond acceptors (Lipinski definition) is 4. The van der Waals surface area contributed by atoms with Gasteiger partial charge in [0.2, 0.25) is 6.79 Å². The Morgan fingerprint density at radius 1 is 1.57 bits per heavy atom. The van der Waals surface area contributed by atoms with Crippen LogP contribution >= 0.6 is 11.6 Å². The summed E-state index contributed by atoms with van der Waals surface area (Å²) in [4.78, 5) is 10.9. The molecule has 0 fully saturated rings. The first-order valence-corrected chi connectivity index (χ1v) is 4.10. The molecule has 6 heteroatoms. The molecule has 0 saturated carbocycles. The monoisotopic (exact) mass is 215 g/mol. The summed E-state index contributed by atoms with van der Waals surface area (Å²) in [6, 6.07) is 1.44. The van der Waals surface area contributed by atoms with E-state index in [1.54, 1.807) is 0 Å². The highest BCUT2D eigenvalue weighted by Gasteiger charge is 2.26. The highest BCUT2D eigenvalue weighted by atomic mass is 35.5.